The maximum Gasteiger partial charge on any atom is 0.469 e. The number of phosphoric ester groups is 1. The van der Waals surface area contributed by atoms with E-state index in [0.29, 0.717) is 6.42 Å². The third-order valence-corrected chi connectivity index (χ3v) is 1.69. The first-order chi connectivity index (χ1) is 5.45. The Hall–Kier alpha value is -0.220. The van der Waals surface area contributed by atoms with Gasteiger partial charge in [0.05, 0.1) is 6.61 Å². The van der Waals surface area contributed by atoms with E-state index in [1.807, 2.05) is 6.92 Å². The van der Waals surface area contributed by atoms with Gasteiger partial charge >= 0.3 is 7.82 Å². The van der Waals surface area contributed by atoms with Gasteiger partial charge in [0.15, 0.2) is 0 Å². The van der Waals surface area contributed by atoms with Crippen molar-refractivity contribution in [1.82, 2.24) is 0 Å². The second-order valence-electron chi connectivity index (χ2n) is 2.36. The van der Waals surface area contributed by atoms with Crippen LogP contribution in [-0.2, 0) is 13.9 Å². The lowest BCUT2D eigenvalue weighted by atomic mass is 10.2. The standard InChI is InChI=1S/C6H13O5P/c1-2-3-6(7)4-5-11-12(8,9)10/h2-5H2,1H3,(H2,8,9,10). The Kier molecular flexibility index (Phi) is 5.33. The van der Waals surface area contributed by atoms with Crippen molar-refractivity contribution in [2.75, 3.05) is 6.61 Å². The summed E-state index contributed by atoms with van der Waals surface area (Å²) in [5, 5.41) is 0. The molecular formula is C6H13O5P. The maximum atomic E-state index is 10.8. The number of phosphoric acid groups is 1. The van der Waals surface area contributed by atoms with E-state index in [0.717, 1.165) is 6.42 Å². The average molecular weight is 196 g/mol. The molecule has 5 nitrogen and oxygen atoms in total. The second-order valence-corrected chi connectivity index (χ2v) is 3.60. The fourth-order valence-corrected chi connectivity index (χ4v) is 1.01. The van der Waals surface area contributed by atoms with Gasteiger partial charge in [0.25, 0.3) is 0 Å². The number of ketones is 1. The lowest BCUT2D eigenvalue weighted by Gasteiger charge is -2.03. The lowest BCUT2D eigenvalue weighted by molar-refractivity contribution is -0.119. The minimum Gasteiger partial charge on any atom is -0.303 e. The largest absolute Gasteiger partial charge is 0.469 e. The third kappa shape index (κ3) is 7.88. The van der Waals surface area contributed by atoms with E-state index in [9.17, 15) is 9.36 Å². The minimum absolute atomic E-state index is 0.0362. The molecule has 0 aliphatic rings. The zero-order valence-electron chi connectivity index (χ0n) is 6.89. The van der Waals surface area contributed by atoms with Gasteiger partial charge in [-0.25, -0.2) is 4.57 Å². The van der Waals surface area contributed by atoms with Crippen molar-refractivity contribution in [3.8, 4) is 0 Å². The third-order valence-electron chi connectivity index (χ3n) is 1.17. The summed E-state index contributed by atoms with van der Waals surface area (Å²) in [6.07, 6.45) is 1.25. The predicted molar refractivity (Wildman–Crippen MR) is 42.5 cm³/mol. The van der Waals surface area contributed by atoms with Crippen molar-refractivity contribution >= 4 is 13.6 Å². The Labute approximate surface area is 71.0 Å². The van der Waals surface area contributed by atoms with Gasteiger partial charge in [0.2, 0.25) is 0 Å². The van der Waals surface area contributed by atoms with Crippen LogP contribution in [0.15, 0.2) is 0 Å². The first kappa shape index (κ1) is 11.8. The Morgan fingerprint density at radius 1 is 1.42 bits per heavy atom. The molecule has 0 rings (SSSR count). The zero-order valence-corrected chi connectivity index (χ0v) is 7.79. The molecular weight excluding hydrogens is 183 g/mol. The van der Waals surface area contributed by atoms with Crippen LogP contribution in [0.2, 0.25) is 0 Å². The molecule has 72 valence electrons. The average Bonchev–Trinajstić information content (AvgIpc) is 1.84. The van der Waals surface area contributed by atoms with Crippen LogP contribution in [0.5, 0.6) is 0 Å². The molecule has 0 aromatic rings. The normalized spacial score (nSPS) is 11.6. The van der Waals surface area contributed by atoms with Crippen LogP contribution in [-0.4, -0.2) is 22.2 Å². The second kappa shape index (κ2) is 5.43. The van der Waals surface area contributed by atoms with Crippen LogP contribution < -0.4 is 0 Å². The summed E-state index contributed by atoms with van der Waals surface area (Å²) in [6, 6.07) is 0. The first-order valence-electron chi connectivity index (χ1n) is 3.67. The minimum atomic E-state index is -4.39. The van der Waals surface area contributed by atoms with Gasteiger partial charge < -0.3 is 9.79 Å². The summed E-state index contributed by atoms with van der Waals surface area (Å²) >= 11 is 0. The van der Waals surface area contributed by atoms with E-state index < -0.39 is 7.82 Å². The highest BCUT2D eigenvalue weighted by Crippen LogP contribution is 2.35. The molecule has 0 aliphatic heterocycles. The molecule has 0 saturated carbocycles. The van der Waals surface area contributed by atoms with Gasteiger partial charge in [0.1, 0.15) is 5.78 Å². The van der Waals surface area contributed by atoms with Crippen LogP contribution in [0, 0.1) is 0 Å². The summed E-state index contributed by atoms with van der Waals surface area (Å²) in [5.74, 6) is -0.0362. The molecule has 0 aromatic carbocycles. The summed E-state index contributed by atoms with van der Waals surface area (Å²) in [6.45, 7) is 1.66. The fraction of sp³-hybridized carbons (Fsp3) is 0.833. The zero-order chi connectivity index (χ0) is 9.61. The molecule has 0 amide bonds. The van der Waals surface area contributed by atoms with Gasteiger partial charge in [-0.15, -0.1) is 0 Å². The summed E-state index contributed by atoms with van der Waals surface area (Å²) < 4.78 is 14.2. The molecule has 0 saturated heterocycles. The van der Waals surface area contributed by atoms with Gasteiger partial charge in [-0.3, -0.25) is 9.32 Å². The molecule has 0 aliphatic carbocycles. The number of hydrogen-bond donors (Lipinski definition) is 2. The highest BCUT2D eigenvalue weighted by molar-refractivity contribution is 7.46. The topological polar surface area (TPSA) is 83.8 Å². The van der Waals surface area contributed by atoms with E-state index in [-0.39, 0.29) is 18.8 Å². The van der Waals surface area contributed by atoms with Crippen LogP contribution in [0.4, 0.5) is 0 Å². The Morgan fingerprint density at radius 3 is 2.42 bits per heavy atom. The Balaban J connectivity index is 3.44. The monoisotopic (exact) mass is 196 g/mol. The van der Waals surface area contributed by atoms with Crippen LogP contribution >= 0.6 is 7.82 Å². The SMILES string of the molecule is CCCC(=O)CCOP(=O)(O)O. The molecule has 0 bridgehead atoms. The molecule has 0 radical (unpaired) electrons. The highest BCUT2D eigenvalue weighted by atomic mass is 31.2. The van der Waals surface area contributed by atoms with E-state index in [2.05, 4.69) is 4.52 Å². The van der Waals surface area contributed by atoms with Crippen molar-refractivity contribution in [1.29, 1.82) is 0 Å². The number of rotatable bonds is 6. The molecule has 0 spiro atoms. The highest BCUT2D eigenvalue weighted by Gasteiger charge is 2.13. The smallest absolute Gasteiger partial charge is 0.303 e. The number of Topliss-reactive ketones (excluding diaryl/α,β-unsaturated/α-hetero) is 1. The quantitative estimate of drug-likeness (QED) is 0.615. The fourth-order valence-electron chi connectivity index (χ4n) is 0.682. The molecule has 0 heterocycles. The van der Waals surface area contributed by atoms with E-state index in [1.54, 1.807) is 0 Å². The van der Waals surface area contributed by atoms with Gasteiger partial charge in [0, 0.05) is 12.8 Å². The van der Waals surface area contributed by atoms with Gasteiger partial charge in [-0.05, 0) is 6.42 Å². The summed E-state index contributed by atoms with van der Waals surface area (Å²) in [5.41, 5.74) is 0. The Morgan fingerprint density at radius 2 is 2.00 bits per heavy atom. The number of carbonyl (C=O) groups excluding carboxylic acids is 1. The maximum absolute atomic E-state index is 10.8. The molecule has 0 unspecified atom stereocenters. The molecule has 0 fully saturated rings. The molecule has 2 N–H and O–H groups in total. The van der Waals surface area contributed by atoms with E-state index >= 15 is 0 Å². The summed E-state index contributed by atoms with van der Waals surface area (Å²) in [7, 11) is -4.39. The van der Waals surface area contributed by atoms with Crippen LogP contribution in [0.1, 0.15) is 26.2 Å². The Bertz CT molecular complexity index is 184. The van der Waals surface area contributed by atoms with Crippen molar-refractivity contribution in [3.05, 3.63) is 0 Å². The van der Waals surface area contributed by atoms with Crippen LogP contribution in [0.25, 0.3) is 0 Å². The van der Waals surface area contributed by atoms with Crippen molar-refractivity contribution in [2.45, 2.75) is 26.2 Å². The van der Waals surface area contributed by atoms with Crippen molar-refractivity contribution in [3.63, 3.8) is 0 Å². The lowest BCUT2D eigenvalue weighted by Crippen LogP contribution is -2.02. The van der Waals surface area contributed by atoms with Crippen molar-refractivity contribution < 1.29 is 23.7 Å². The molecule has 6 heteroatoms. The molecule has 0 atom stereocenters. The van der Waals surface area contributed by atoms with Crippen LogP contribution in [0.3, 0.4) is 0 Å². The van der Waals surface area contributed by atoms with Gasteiger partial charge in [-0.2, -0.15) is 0 Å². The number of carbonyl (C=O) groups is 1. The van der Waals surface area contributed by atoms with Crippen molar-refractivity contribution in [2.24, 2.45) is 0 Å². The molecule has 0 aromatic heterocycles. The first-order valence-corrected chi connectivity index (χ1v) is 5.20. The van der Waals surface area contributed by atoms with Gasteiger partial charge in [-0.1, -0.05) is 6.92 Å². The van der Waals surface area contributed by atoms with E-state index in [4.69, 9.17) is 9.79 Å². The number of hydrogen-bond acceptors (Lipinski definition) is 3. The summed E-state index contributed by atoms with van der Waals surface area (Å²) in [4.78, 5) is 27.3. The predicted octanol–water partition coefficient (Wildman–Crippen LogP) is 0.855. The molecule has 12 heavy (non-hydrogen) atoms. The van der Waals surface area contributed by atoms with E-state index in [1.165, 1.54) is 0 Å².